The second kappa shape index (κ2) is 5.00. The minimum atomic E-state index is -0.546. The van der Waals surface area contributed by atoms with Crippen molar-refractivity contribution in [3.63, 3.8) is 0 Å². The van der Waals surface area contributed by atoms with Crippen molar-refractivity contribution in [2.75, 3.05) is 7.11 Å². The molecule has 0 saturated carbocycles. The van der Waals surface area contributed by atoms with E-state index in [9.17, 15) is 10.1 Å². The lowest BCUT2D eigenvalue weighted by Gasteiger charge is -2.04. The summed E-state index contributed by atoms with van der Waals surface area (Å²) in [6, 6.07) is 4.42. The molecule has 0 radical (unpaired) electrons. The highest BCUT2D eigenvalue weighted by Gasteiger charge is 2.23. The van der Waals surface area contributed by atoms with Crippen LogP contribution in [-0.2, 0) is 0 Å². The van der Waals surface area contributed by atoms with Crippen molar-refractivity contribution in [3.8, 4) is 28.9 Å². The number of nitro groups is 1. The number of aromatic amines is 1. The molecule has 0 amide bonds. The Bertz CT molecular complexity index is 782. The number of rotatable bonds is 4. The van der Waals surface area contributed by atoms with Gasteiger partial charge in [-0.05, 0) is 6.07 Å². The summed E-state index contributed by atoms with van der Waals surface area (Å²) >= 11 is 0. The molecule has 0 aliphatic carbocycles. The van der Waals surface area contributed by atoms with Gasteiger partial charge in [-0.15, -0.1) is 0 Å². The van der Waals surface area contributed by atoms with Crippen LogP contribution < -0.4 is 4.74 Å². The number of methoxy groups -OCH3 is 1. The summed E-state index contributed by atoms with van der Waals surface area (Å²) in [5.74, 6) is 0.655. The molecule has 2 aromatic heterocycles. The van der Waals surface area contributed by atoms with Crippen LogP contribution in [-0.4, -0.2) is 37.4 Å². The lowest BCUT2D eigenvalue weighted by Crippen LogP contribution is -1.96. The molecule has 10 heteroatoms. The standard InChI is InChI=1S/C11H8N6O4/c1-20-8-6(3-2-4-7(8)17(18)19)11-14-10(16-21-11)9-12-5-13-15-9/h2-5H,1H3,(H,12,13,15). The van der Waals surface area contributed by atoms with Crippen LogP contribution >= 0.6 is 0 Å². The Hall–Kier alpha value is -3.30. The molecule has 0 unspecified atom stereocenters. The molecule has 106 valence electrons. The number of nitrogens with one attached hydrogen (secondary N) is 1. The Morgan fingerprint density at radius 3 is 2.95 bits per heavy atom. The van der Waals surface area contributed by atoms with Gasteiger partial charge >= 0.3 is 5.69 Å². The van der Waals surface area contributed by atoms with E-state index in [1.807, 2.05) is 0 Å². The third kappa shape index (κ3) is 2.18. The van der Waals surface area contributed by atoms with E-state index in [0.717, 1.165) is 0 Å². The number of nitro benzene ring substituents is 1. The van der Waals surface area contributed by atoms with E-state index in [1.54, 1.807) is 6.07 Å². The molecule has 1 aromatic carbocycles. The summed E-state index contributed by atoms with van der Waals surface area (Å²) in [7, 11) is 1.33. The van der Waals surface area contributed by atoms with Gasteiger partial charge in [-0.25, -0.2) is 4.98 Å². The molecule has 3 rings (SSSR count). The van der Waals surface area contributed by atoms with Gasteiger partial charge < -0.3 is 9.26 Å². The molecule has 0 aliphatic rings. The van der Waals surface area contributed by atoms with Crippen LogP contribution in [0.5, 0.6) is 5.75 Å². The number of nitrogens with zero attached hydrogens (tertiary/aromatic N) is 5. The van der Waals surface area contributed by atoms with E-state index in [4.69, 9.17) is 9.26 Å². The number of benzene rings is 1. The molecular weight excluding hydrogens is 280 g/mol. The third-order valence-corrected chi connectivity index (χ3v) is 2.68. The van der Waals surface area contributed by atoms with E-state index in [2.05, 4.69) is 25.3 Å². The van der Waals surface area contributed by atoms with Gasteiger partial charge in [-0.3, -0.25) is 15.2 Å². The molecule has 3 aromatic rings. The maximum Gasteiger partial charge on any atom is 0.311 e. The fourth-order valence-corrected chi connectivity index (χ4v) is 1.79. The number of hydrogen-bond donors (Lipinski definition) is 1. The fraction of sp³-hybridized carbons (Fsp3) is 0.0909. The van der Waals surface area contributed by atoms with Crippen LogP contribution in [0.4, 0.5) is 5.69 Å². The van der Waals surface area contributed by atoms with Gasteiger partial charge in [0.15, 0.2) is 5.82 Å². The first-order chi connectivity index (χ1) is 10.2. The first-order valence-corrected chi connectivity index (χ1v) is 5.72. The van der Waals surface area contributed by atoms with Gasteiger partial charge in [0.1, 0.15) is 6.33 Å². The van der Waals surface area contributed by atoms with E-state index < -0.39 is 4.92 Å². The quantitative estimate of drug-likeness (QED) is 0.563. The van der Waals surface area contributed by atoms with Crippen molar-refractivity contribution in [2.24, 2.45) is 0 Å². The van der Waals surface area contributed by atoms with Crippen molar-refractivity contribution < 1.29 is 14.2 Å². The molecule has 0 bridgehead atoms. The maximum atomic E-state index is 11.0. The smallest absolute Gasteiger partial charge is 0.311 e. The average Bonchev–Trinajstić information content (AvgIpc) is 3.16. The first-order valence-electron chi connectivity index (χ1n) is 5.72. The van der Waals surface area contributed by atoms with E-state index in [-0.39, 0.29) is 23.2 Å². The van der Waals surface area contributed by atoms with E-state index >= 15 is 0 Å². The average molecular weight is 288 g/mol. The highest BCUT2D eigenvalue weighted by molar-refractivity contribution is 5.70. The number of hydrogen-bond acceptors (Lipinski definition) is 8. The van der Waals surface area contributed by atoms with Gasteiger partial charge in [0, 0.05) is 6.07 Å². The summed E-state index contributed by atoms with van der Waals surface area (Å²) in [6.45, 7) is 0. The van der Waals surface area contributed by atoms with Crippen molar-refractivity contribution in [1.29, 1.82) is 0 Å². The molecule has 21 heavy (non-hydrogen) atoms. The Kier molecular flexibility index (Phi) is 3.03. The number of ether oxygens (including phenoxy) is 1. The van der Waals surface area contributed by atoms with Gasteiger partial charge in [0.25, 0.3) is 5.89 Å². The lowest BCUT2D eigenvalue weighted by atomic mass is 10.1. The predicted octanol–water partition coefficient (Wildman–Crippen LogP) is 1.44. The van der Waals surface area contributed by atoms with Crippen molar-refractivity contribution >= 4 is 5.69 Å². The SMILES string of the molecule is COc1c(-c2nc(-c3ncn[nH]3)no2)cccc1[N+](=O)[O-]. The number of H-pyrrole nitrogens is 1. The Labute approximate surface area is 116 Å². The Morgan fingerprint density at radius 2 is 2.29 bits per heavy atom. The van der Waals surface area contributed by atoms with Crippen LogP contribution in [0.2, 0.25) is 0 Å². The largest absolute Gasteiger partial charge is 0.490 e. The van der Waals surface area contributed by atoms with E-state index in [1.165, 1.54) is 25.6 Å². The molecule has 10 nitrogen and oxygen atoms in total. The molecule has 1 N–H and O–H groups in total. The summed E-state index contributed by atoms with van der Waals surface area (Å²) in [5.41, 5.74) is 0.138. The highest BCUT2D eigenvalue weighted by atomic mass is 16.6. The van der Waals surface area contributed by atoms with Crippen molar-refractivity contribution in [2.45, 2.75) is 0 Å². The lowest BCUT2D eigenvalue weighted by molar-refractivity contribution is -0.385. The first kappa shape index (κ1) is 12.7. The Balaban J connectivity index is 2.09. The summed E-state index contributed by atoms with van der Waals surface area (Å²) in [4.78, 5) is 18.5. The van der Waals surface area contributed by atoms with Crippen LogP contribution in [0.3, 0.4) is 0 Å². The topological polar surface area (TPSA) is 133 Å². The molecule has 2 heterocycles. The molecule has 0 aliphatic heterocycles. The van der Waals surface area contributed by atoms with E-state index in [0.29, 0.717) is 11.4 Å². The highest BCUT2D eigenvalue weighted by Crippen LogP contribution is 2.37. The van der Waals surface area contributed by atoms with Crippen molar-refractivity contribution in [3.05, 3.63) is 34.6 Å². The van der Waals surface area contributed by atoms with Gasteiger partial charge in [0.2, 0.25) is 11.6 Å². The fourth-order valence-electron chi connectivity index (χ4n) is 1.79. The minimum Gasteiger partial charge on any atom is -0.490 e. The number of para-hydroxylation sites is 1. The zero-order valence-corrected chi connectivity index (χ0v) is 10.7. The zero-order chi connectivity index (χ0) is 14.8. The van der Waals surface area contributed by atoms with Gasteiger partial charge in [-0.1, -0.05) is 11.2 Å². The van der Waals surface area contributed by atoms with Crippen LogP contribution in [0, 0.1) is 10.1 Å². The normalized spacial score (nSPS) is 10.5. The van der Waals surface area contributed by atoms with Crippen LogP contribution in [0.1, 0.15) is 0 Å². The molecular formula is C11H8N6O4. The second-order valence-electron chi connectivity index (χ2n) is 3.87. The molecule has 0 spiro atoms. The molecule has 0 atom stereocenters. The zero-order valence-electron chi connectivity index (χ0n) is 10.7. The molecule has 0 saturated heterocycles. The summed E-state index contributed by atoms with van der Waals surface area (Å²) < 4.78 is 10.2. The summed E-state index contributed by atoms with van der Waals surface area (Å²) in [5, 5.41) is 21.0. The summed E-state index contributed by atoms with van der Waals surface area (Å²) in [6.07, 6.45) is 1.30. The van der Waals surface area contributed by atoms with Gasteiger partial charge in [0.05, 0.1) is 17.6 Å². The van der Waals surface area contributed by atoms with Crippen LogP contribution in [0.25, 0.3) is 23.1 Å². The second-order valence-corrected chi connectivity index (χ2v) is 3.87. The maximum absolute atomic E-state index is 11.0. The van der Waals surface area contributed by atoms with Crippen molar-refractivity contribution in [1.82, 2.24) is 25.3 Å². The Morgan fingerprint density at radius 1 is 1.43 bits per heavy atom. The third-order valence-electron chi connectivity index (χ3n) is 2.68. The molecule has 0 fully saturated rings. The predicted molar refractivity (Wildman–Crippen MR) is 68.3 cm³/mol. The minimum absolute atomic E-state index is 0.0512. The monoisotopic (exact) mass is 288 g/mol. The van der Waals surface area contributed by atoms with Crippen LogP contribution in [0.15, 0.2) is 29.0 Å². The van der Waals surface area contributed by atoms with Gasteiger partial charge in [-0.2, -0.15) is 10.1 Å². The number of aromatic nitrogens is 5.